The SMILES string of the molecule is CC(C)CN1CC[C@@H](O)[C@H](O)[C@@H]1CO. The zero-order valence-electron chi connectivity index (χ0n) is 8.93. The van der Waals surface area contributed by atoms with E-state index in [9.17, 15) is 10.2 Å². The van der Waals surface area contributed by atoms with Gasteiger partial charge in [-0.05, 0) is 12.3 Å². The molecule has 1 saturated heterocycles. The van der Waals surface area contributed by atoms with Crippen molar-refractivity contribution in [1.82, 2.24) is 4.90 Å². The lowest BCUT2D eigenvalue weighted by Crippen LogP contribution is -2.57. The molecule has 3 N–H and O–H groups in total. The van der Waals surface area contributed by atoms with Gasteiger partial charge in [0.25, 0.3) is 0 Å². The van der Waals surface area contributed by atoms with Crippen LogP contribution in [0.2, 0.25) is 0 Å². The van der Waals surface area contributed by atoms with Gasteiger partial charge in [-0.1, -0.05) is 13.8 Å². The van der Waals surface area contributed by atoms with Crippen LogP contribution in [0, 0.1) is 5.92 Å². The summed E-state index contributed by atoms with van der Waals surface area (Å²) in [6.07, 6.45) is -0.909. The molecule has 0 spiro atoms. The van der Waals surface area contributed by atoms with Gasteiger partial charge in [-0.2, -0.15) is 0 Å². The molecule has 1 aliphatic heterocycles. The van der Waals surface area contributed by atoms with Gasteiger partial charge in [0.15, 0.2) is 0 Å². The van der Waals surface area contributed by atoms with Crippen LogP contribution in [-0.2, 0) is 0 Å². The number of aliphatic hydroxyl groups is 3. The van der Waals surface area contributed by atoms with Crippen molar-refractivity contribution in [3.63, 3.8) is 0 Å². The van der Waals surface area contributed by atoms with Crippen LogP contribution in [0.25, 0.3) is 0 Å². The van der Waals surface area contributed by atoms with Crippen LogP contribution < -0.4 is 0 Å². The monoisotopic (exact) mass is 203 g/mol. The molecule has 84 valence electrons. The fraction of sp³-hybridized carbons (Fsp3) is 1.00. The molecular weight excluding hydrogens is 182 g/mol. The molecule has 1 aliphatic rings. The van der Waals surface area contributed by atoms with Crippen LogP contribution in [0.1, 0.15) is 20.3 Å². The third-order valence-electron chi connectivity index (χ3n) is 2.76. The average Bonchev–Trinajstić information content (AvgIpc) is 2.11. The molecule has 0 bridgehead atoms. The smallest absolute Gasteiger partial charge is 0.0976 e. The van der Waals surface area contributed by atoms with Crippen molar-refractivity contribution in [3.05, 3.63) is 0 Å². The van der Waals surface area contributed by atoms with Gasteiger partial charge in [-0.3, -0.25) is 4.90 Å². The number of rotatable bonds is 3. The molecule has 0 radical (unpaired) electrons. The van der Waals surface area contributed by atoms with Gasteiger partial charge in [-0.15, -0.1) is 0 Å². The number of aliphatic hydroxyl groups excluding tert-OH is 3. The predicted octanol–water partition coefficient (Wildman–Crippen LogP) is -0.569. The number of nitrogens with zero attached hydrogens (tertiary/aromatic N) is 1. The molecule has 0 aliphatic carbocycles. The predicted molar refractivity (Wildman–Crippen MR) is 53.9 cm³/mol. The molecule has 4 nitrogen and oxygen atoms in total. The minimum atomic E-state index is -0.813. The second-order valence-electron chi connectivity index (χ2n) is 4.49. The second kappa shape index (κ2) is 5.07. The Labute approximate surface area is 85.2 Å². The van der Waals surface area contributed by atoms with Crippen LogP contribution in [0.5, 0.6) is 0 Å². The minimum Gasteiger partial charge on any atom is -0.395 e. The topological polar surface area (TPSA) is 63.9 Å². The van der Waals surface area contributed by atoms with Gasteiger partial charge in [0.1, 0.15) is 0 Å². The molecule has 0 aromatic carbocycles. The minimum absolute atomic E-state index is 0.0923. The van der Waals surface area contributed by atoms with Crippen molar-refractivity contribution in [2.45, 2.75) is 38.5 Å². The van der Waals surface area contributed by atoms with Gasteiger partial charge in [-0.25, -0.2) is 0 Å². The maximum Gasteiger partial charge on any atom is 0.0976 e. The molecule has 0 aromatic rings. The van der Waals surface area contributed by atoms with Gasteiger partial charge < -0.3 is 15.3 Å². The molecule has 0 amide bonds. The van der Waals surface area contributed by atoms with E-state index in [1.807, 2.05) is 0 Å². The highest BCUT2D eigenvalue weighted by molar-refractivity contribution is 4.89. The van der Waals surface area contributed by atoms with Gasteiger partial charge in [0.2, 0.25) is 0 Å². The van der Waals surface area contributed by atoms with Crippen molar-refractivity contribution in [1.29, 1.82) is 0 Å². The van der Waals surface area contributed by atoms with Crippen LogP contribution in [-0.4, -0.2) is 58.2 Å². The van der Waals surface area contributed by atoms with Crippen LogP contribution in [0.3, 0.4) is 0 Å². The summed E-state index contributed by atoms with van der Waals surface area (Å²) in [5.41, 5.74) is 0. The third-order valence-corrected chi connectivity index (χ3v) is 2.76. The van der Waals surface area contributed by atoms with E-state index in [2.05, 4.69) is 18.7 Å². The average molecular weight is 203 g/mol. The van der Waals surface area contributed by atoms with E-state index in [-0.39, 0.29) is 12.6 Å². The molecule has 0 aromatic heterocycles. The summed E-state index contributed by atoms with van der Waals surface area (Å²) in [5.74, 6) is 0.506. The maximum absolute atomic E-state index is 9.67. The first-order chi connectivity index (χ1) is 6.56. The lowest BCUT2D eigenvalue weighted by molar-refractivity contribution is -0.0918. The van der Waals surface area contributed by atoms with Crippen molar-refractivity contribution in [2.24, 2.45) is 5.92 Å². The lowest BCUT2D eigenvalue weighted by atomic mass is 9.95. The Morgan fingerprint density at radius 1 is 1.36 bits per heavy atom. The summed E-state index contributed by atoms with van der Waals surface area (Å²) < 4.78 is 0. The Morgan fingerprint density at radius 2 is 2.00 bits per heavy atom. The van der Waals surface area contributed by atoms with Gasteiger partial charge in [0, 0.05) is 13.1 Å². The molecule has 0 unspecified atom stereocenters. The summed E-state index contributed by atoms with van der Waals surface area (Å²) in [6, 6.07) is -0.304. The first kappa shape index (κ1) is 11.9. The largest absolute Gasteiger partial charge is 0.395 e. The summed E-state index contributed by atoms with van der Waals surface area (Å²) in [6.45, 7) is 5.72. The van der Waals surface area contributed by atoms with Crippen LogP contribution in [0.4, 0.5) is 0 Å². The molecule has 1 rings (SSSR count). The summed E-state index contributed by atoms with van der Waals surface area (Å²) >= 11 is 0. The first-order valence-electron chi connectivity index (χ1n) is 5.27. The van der Waals surface area contributed by atoms with Crippen LogP contribution >= 0.6 is 0 Å². The fourth-order valence-corrected chi connectivity index (χ4v) is 2.03. The molecule has 1 heterocycles. The summed E-state index contributed by atoms with van der Waals surface area (Å²) in [4.78, 5) is 2.06. The van der Waals surface area contributed by atoms with E-state index in [0.717, 1.165) is 13.1 Å². The molecule has 14 heavy (non-hydrogen) atoms. The number of likely N-dealkylation sites (tertiary alicyclic amines) is 1. The van der Waals surface area contributed by atoms with E-state index in [1.165, 1.54) is 0 Å². The van der Waals surface area contributed by atoms with E-state index < -0.39 is 12.2 Å². The van der Waals surface area contributed by atoms with Crippen molar-refractivity contribution < 1.29 is 15.3 Å². The van der Waals surface area contributed by atoms with Gasteiger partial charge in [0.05, 0.1) is 24.9 Å². The fourth-order valence-electron chi connectivity index (χ4n) is 2.03. The highest BCUT2D eigenvalue weighted by Crippen LogP contribution is 2.19. The van der Waals surface area contributed by atoms with Crippen LogP contribution in [0.15, 0.2) is 0 Å². The number of hydrogen-bond donors (Lipinski definition) is 3. The van der Waals surface area contributed by atoms with Gasteiger partial charge >= 0.3 is 0 Å². The Morgan fingerprint density at radius 3 is 2.50 bits per heavy atom. The standard InChI is InChI=1S/C10H21NO3/c1-7(2)5-11-4-3-9(13)10(14)8(11)6-12/h7-10,12-14H,3-6H2,1-2H3/t8-,9+,10+/m0/s1. The summed E-state index contributed by atoms with van der Waals surface area (Å²) in [7, 11) is 0. The van der Waals surface area contributed by atoms with E-state index in [1.54, 1.807) is 0 Å². The lowest BCUT2D eigenvalue weighted by Gasteiger charge is -2.41. The number of piperidine rings is 1. The van der Waals surface area contributed by atoms with Crippen molar-refractivity contribution in [3.8, 4) is 0 Å². The highest BCUT2D eigenvalue weighted by Gasteiger charge is 2.35. The zero-order valence-corrected chi connectivity index (χ0v) is 8.93. The second-order valence-corrected chi connectivity index (χ2v) is 4.49. The molecule has 3 atom stereocenters. The van der Waals surface area contributed by atoms with Crippen molar-refractivity contribution in [2.75, 3.05) is 19.7 Å². The first-order valence-corrected chi connectivity index (χ1v) is 5.27. The third kappa shape index (κ3) is 2.67. The number of hydrogen-bond acceptors (Lipinski definition) is 4. The molecular formula is C10H21NO3. The Kier molecular flexibility index (Phi) is 4.31. The normalized spacial score (nSPS) is 35.1. The van der Waals surface area contributed by atoms with E-state index >= 15 is 0 Å². The van der Waals surface area contributed by atoms with E-state index in [4.69, 9.17) is 5.11 Å². The molecule has 0 saturated carbocycles. The highest BCUT2D eigenvalue weighted by atomic mass is 16.3. The molecule has 1 fully saturated rings. The zero-order chi connectivity index (χ0) is 10.7. The Hall–Kier alpha value is -0.160. The summed E-state index contributed by atoms with van der Waals surface area (Å²) in [5, 5.41) is 28.3. The van der Waals surface area contributed by atoms with Crippen molar-refractivity contribution >= 4 is 0 Å². The maximum atomic E-state index is 9.67. The molecule has 4 heteroatoms. The van der Waals surface area contributed by atoms with E-state index in [0.29, 0.717) is 12.3 Å². The quantitative estimate of drug-likeness (QED) is 0.575. The Bertz CT molecular complexity index is 175. The Balaban J connectivity index is 2.57.